The number of carbonyl (C=O) groups is 12. The number of likely N-dealkylation sites (tertiary alicyclic amines) is 2. The van der Waals surface area contributed by atoms with Gasteiger partial charge in [-0.05, 0) is 190 Å². The second kappa shape index (κ2) is 52.9. The first kappa shape index (κ1) is 103. The fraction of sp³-hybridized carbons (Fsp3) is 0.176. The lowest BCUT2D eigenvalue weighted by atomic mass is 9.93. The summed E-state index contributed by atoms with van der Waals surface area (Å²) in [4.78, 5) is 143. The molecule has 8 aromatic rings. The Balaban J connectivity index is 0.000000230. The van der Waals surface area contributed by atoms with Gasteiger partial charge in [0.2, 0.25) is 35.4 Å². The average molecular weight is 1790 g/mol. The number of ketones is 4. The van der Waals surface area contributed by atoms with Crippen LogP contribution in [0.3, 0.4) is 0 Å². The number of carboxylic acid groups (broad SMARTS) is 2. The van der Waals surface area contributed by atoms with Crippen LogP contribution in [0.4, 0.5) is 0 Å². The van der Waals surface area contributed by atoms with Crippen molar-refractivity contribution >= 4 is 119 Å². The van der Waals surface area contributed by atoms with Crippen LogP contribution in [0.2, 0.25) is 0 Å². The molecular formula is C102H88N16O16. The van der Waals surface area contributed by atoms with E-state index < -0.39 is 55.0 Å². The van der Waals surface area contributed by atoms with Crippen molar-refractivity contribution in [2.24, 2.45) is 0 Å². The highest BCUT2D eigenvalue weighted by Crippen LogP contribution is 2.27. The Kier molecular flexibility index (Phi) is 40.6. The van der Waals surface area contributed by atoms with Crippen molar-refractivity contribution in [3.63, 3.8) is 0 Å². The van der Waals surface area contributed by atoms with Crippen LogP contribution in [0.1, 0.15) is 117 Å². The predicted octanol–water partition coefficient (Wildman–Crippen LogP) is 8.16. The lowest BCUT2D eigenvalue weighted by molar-refractivity contribution is -0.142. The van der Waals surface area contributed by atoms with Crippen molar-refractivity contribution in [1.29, 1.82) is 42.1 Å². The summed E-state index contributed by atoms with van der Waals surface area (Å²) < 4.78 is 0. The maximum absolute atomic E-state index is 13.3. The highest BCUT2D eigenvalue weighted by atomic mass is 16.4. The van der Waals surface area contributed by atoms with E-state index >= 15 is 0 Å². The summed E-state index contributed by atoms with van der Waals surface area (Å²) in [7, 11) is 0. The lowest BCUT2D eigenvalue weighted by Crippen LogP contribution is -2.53. The number of Topliss-reactive ketones (excluding diaryl/α,β-unsaturated/α-hetero) is 4. The predicted molar refractivity (Wildman–Crippen MR) is 494 cm³/mol. The van der Waals surface area contributed by atoms with Crippen LogP contribution in [0.5, 0.6) is 0 Å². The summed E-state index contributed by atoms with van der Waals surface area (Å²) in [6, 6.07) is 69.7. The van der Waals surface area contributed by atoms with E-state index in [2.05, 4.69) is 50.9 Å². The van der Waals surface area contributed by atoms with Gasteiger partial charge >= 0.3 is 11.9 Å². The molecule has 32 nitrogen and oxygen atoms in total. The van der Waals surface area contributed by atoms with Crippen LogP contribution in [0.25, 0.3) is 48.6 Å². The maximum atomic E-state index is 13.3. The minimum atomic E-state index is -1.24. The van der Waals surface area contributed by atoms with Gasteiger partial charge in [-0.3, -0.25) is 52.7 Å². The Morgan fingerprint density at radius 1 is 0.313 bits per heavy atom. The quantitative estimate of drug-likeness (QED) is 0.0362. The molecule has 0 bridgehead atoms. The maximum Gasteiger partial charge on any atom is 0.328 e. The molecule has 0 spiro atoms. The van der Waals surface area contributed by atoms with Gasteiger partial charge in [-0.1, -0.05) is 97.1 Å². The molecule has 0 unspecified atom stereocenters. The molecule has 0 radical (unpaired) electrons. The largest absolute Gasteiger partial charge is 0.480 e. The molecule has 0 aromatic heterocycles. The summed E-state index contributed by atoms with van der Waals surface area (Å²) in [6.45, 7) is 5.71. The fourth-order valence-electron chi connectivity index (χ4n) is 12.7. The number of nitrogens with one attached hydrogen (secondary N) is 6. The van der Waals surface area contributed by atoms with Crippen molar-refractivity contribution in [2.75, 3.05) is 78.7 Å². The van der Waals surface area contributed by atoms with Gasteiger partial charge in [0.15, 0.2) is 23.1 Å². The Morgan fingerprint density at radius 2 is 0.515 bits per heavy atom. The summed E-state index contributed by atoms with van der Waals surface area (Å²) in [5.41, 5.74) is 15.1. The van der Waals surface area contributed by atoms with Gasteiger partial charge < -0.3 is 62.1 Å². The van der Waals surface area contributed by atoms with Gasteiger partial charge in [-0.2, -0.15) is 42.1 Å². The highest BCUT2D eigenvalue weighted by Gasteiger charge is 2.34. The van der Waals surface area contributed by atoms with E-state index in [0.29, 0.717) is 126 Å². The zero-order valence-electron chi connectivity index (χ0n) is 72.9. The van der Waals surface area contributed by atoms with Gasteiger partial charge in [0.1, 0.15) is 18.6 Å². The molecule has 10 N–H and O–H groups in total. The van der Waals surface area contributed by atoms with Crippen molar-refractivity contribution in [3.8, 4) is 48.6 Å². The third kappa shape index (κ3) is 33.6. The second-order valence-electron chi connectivity index (χ2n) is 29.6. The average Bonchev–Trinajstić information content (AvgIpc) is 0.744. The third-order valence-electron chi connectivity index (χ3n) is 19.4. The molecule has 4 aliphatic rings. The van der Waals surface area contributed by atoms with Crippen LogP contribution >= 0.6 is 0 Å². The minimum absolute atomic E-state index is 0.00152. The van der Waals surface area contributed by atoms with E-state index in [-0.39, 0.29) is 80.1 Å². The zero-order chi connectivity index (χ0) is 97.8. The Morgan fingerprint density at radius 3 is 0.694 bits per heavy atom. The van der Waals surface area contributed by atoms with Crippen molar-refractivity contribution in [2.45, 2.75) is 39.8 Å². The molecular weight excluding hydrogens is 1710 g/mol. The zero-order valence-corrected chi connectivity index (χ0v) is 72.9. The van der Waals surface area contributed by atoms with E-state index in [4.69, 9.17) is 57.4 Å². The summed E-state index contributed by atoms with van der Waals surface area (Å²) in [5, 5.41) is 121. The van der Waals surface area contributed by atoms with Gasteiger partial charge in [0.25, 0.3) is 0 Å². The Labute approximate surface area is 771 Å². The minimum Gasteiger partial charge on any atom is -0.480 e. The number of carbonyl (C=O) groups excluding carboxylic acids is 10. The number of aliphatic hydroxyl groups is 2. The number of aliphatic carboxylic acids is 2. The molecule has 4 fully saturated rings. The molecule has 672 valence electrons. The molecule has 2 atom stereocenters. The van der Waals surface area contributed by atoms with Crippen molar-refractivity contribution in [3.05, 3.63) is 328 Å². The topological polar surface area (TPSA) is 555 Å². The molecule has 0 saturated carbocycles. The van der Waals surface area contributed by atoms with E-state index in [1.54, 1.807) is 170 Å². The summed E-state index contributed by atoms with van der Waals surface area (Å²) >= 11 is 0. The molecule has 8 aromatic carbocycles. The molecule has 12 rings (SSSR count). The number of hydrogen-bond donors (Lipinski definition) is 10. The van der Waals surface area contributed by atoms with Gasteiger partial charge in [-0.15, -0.1) is 0 Å². The molecule has 32 heteroatoms. The van der Waals surface area contributed by atoms with Crippen LogP contribution in [-0.4, -0.2) is 191 Å². The van der Waals surface area contributed by atoms with Crippen molar-refractivity contribution < 1.29 is 78.0 Å². The number of hydrogen-bond acceptors (Lipinski definition) is 24. The first-order chi connectivity index (χ1) is 64.3. The molecule has 134 heavy (non-hydrogen) atoms. The summed E-state index contributed by atoms with van der Waals surface area (Å²) in [6.07, 6.45) is 14.1. The second-order valence-corrected chi connectivity index (χ2v) is 29.6. The van der Waals surface area contributed by atoms with E-state index in [9.17, 15) is 62.6 Å². The normalized spacial score (nSPS) is 15.8. The van der Waals surface area contributed by atoms with Gasteiger partial charge in [0, 0.05) is 125 Å². The molecule has 4 saturated heterocycles. The van der Waals surface area contributed by atoms with Crippen LogP contribution < -0.4 is 31.9 Å². The van der Waals surface area contributed by atoms with E-state index in [1.807, 2.05) is 102 Å². The van der Waals surface area contributed by atoms with E-state index in [1.165, 1.54) is 37.5 Å². The smallest absolute Gasteiger partial charge is 0.328 e. The molecule has 0 aliphatic carbocycles. The van der Waals surface area contributed by atoms with Crippen LogP contribution in [-0.2, 0) is 57.5 Å². The number of nitriles is 8. The van der Waals surface area contributed by atoms with E-state index in [0.717, 1.165) is 33.4 Å². The molecule has 4 heterocycles. The molecule has 4 aliphatic heterocycles. The Bertz CT molecular complexity index is 5880. The first-order valence-electron chi connectivity index (χ1n) is 40.8. The van der Waals surface area contributed by atoms with Gasteiger partial charge in [-0.25, -0.2) is 4.79 Å². The van der Waals surface area contributed by atoms with Crippen LogP contribution in [0, 0.1) is 90.6 Å². The monoisotopic (exact) mass is 1790 g/mol. The number of carboxylic acids is 2. The third-order valence-corrected chi connectivity index (χ3v) is 19.4. The van der Waals surface area contributed by atoms with Gasteiger partial charge in [0.05, 0.1) is 113 Å². The fourth-order valence-corrected chi connectivity index (χ4v) is 12.7. The van der Waals surface area contributed by atoms with Crippen molar-refractivity contribution in [1.82, 2.24) is 41.7 Å². The Hall–Kier alpha value is -18.1. The number of benzene rings is 8. The molecule has 6 amide bonds. The number of amides is 6. The number of piperidine rings is 4. The number of rotatable bonds is 18. The van der Waals surface area contributed by atoms with Crippen LogP contribution in [0.15, 0.2) is 239 Å². The summed E-state index contributed by atoms with van der Waals surface area (Å²) in [5.74, 6) is -5.02. The standard InChI is InChI=1S/C26H22N4O4.C25H20N4O3.2C21H15N3O.C5H9NO4.C4H7NO3/c1-17(32)29-24(16-31)26(34)30-14-22(10-18-2-6-20(12-27)7-3-18)25(33)23(15-30)11-19-4-8-21(13-28)9-5-19;1-17(30)28-14-24(31)29-15-22(10-18-2-6-20(12-26)7-3-18)25(32)23(16-29)11-19-4-8-21(13-27)9-5-19;2*22-11-17-5-1-15(2-6-17)9-19-13-24-14-20(21(19)25)10-16-3-7-18(12-23)8-4-16;1-3(8)6-4(2-7)5(9)10;1-3(6)5-2-4(7)8/h2-11,24,31H,14-16H2,1H3,(H,29,32);2-11H,14-16H2,1H3,(H,28,30);2*1-10,24H,13-14H2;4,7H,2H2,1H3,(H,6,8)(H,9,10);2H2,1H3,(H,5,6)(H,7,8)/b2*22-10+,23-11+;2*19-9+,20-10+;;/t24-;;;;4-;/m1...1./s1. The SMILES string of the molecule is CC(=O)NCC(=O)N1C/C(=C\c2ccc(C#N)cc2)C(=O)/C(=C/c2ccc(C#N)cc2)C1.CC(=O)NCC(=O)O.CC(=O)N[C@H](CO)C(=O)N1C/C(=C\c2ccc(C#N)cc2)C(=O)/C(=C/c2ccc(C#N)cc2)C1.CC(=O)N[C@H](CO)C(=O)O.N#Cc1ccc(/C=C2\CNC/C(=C\c3ccc(C#N)cc3)C2=O)cc1.N#Cc1ccc(/C=C2\CNC/C(=C\c3ccc(C#N)cc3)C2=O)cc1. The number of aliphatic hydroxyl groups excluding tert-OH is 2. The lowest BCUT2D eigenvalue weighted by Gasteiger charge is -2.32. The highest BCUT2D eigenvalue weighted by molar-refractivity contribution is 6.18. The first-order valence-corrected chi connectivity index (χ1v) is 40.8. The number of nitrogens with zero attached hydrogens (tertiary/aromatic N) is 10.